The number of aromatic nitrogens is 4. The molecule has 8 nitrogen and oxygen atoms in total. The number of hydrogen-bond acceptors (Lipinski definition) is 7. The summed E-state index contributed by atoms with van der Waals surface area (Å²) in [5, 5.41) is 0. The Morgan fingerprint density at radius 3 is 2.26 bits per heavy atom. The predicted octanol–water partition coefficient (Wildman–Crippen LogP) is 1.45. The van der Waals surface area contributed by atoms with E-state index in [2.05, 4.69) is 30.8 Å². The van der Waals surface area contributed by atoms with Gasteiger partial charge >= 0.3 is 0 Å². The summed E-state index contributed by atoms with van der Waals surface area (Å²) in [4.78, 5) is 36.7. The molecule has 0 aromatic carbocycles. The number of piperazine rings is 1. The van der Waals surface area contributed by atoms with Gasteiger partial charge in [0.1, 0.15) is 11.5 Å². The molecule has 2 aromatic rings. The first-order valence-electron chi connectivity index (χ1n) is 9.54. The van der Waals surface area contributed by atoms with Gasteiger partial charge < -0.3 is 14.7 Å². The lowest BCUT2D eigenvalue weighted by Gasteiger charge is -2.35. The number of nitrogens with zero attached hydrogens (tertiary/aromatic N) is 7. The zero-order valence-corrected chi connectivity index (χ0v) is 15.9. The average molecular weight is 367 g/mol. The maximum atomic E-state index is 12.6. The lowest BCUT2D eigenvalue weighted by molar-refractivity contribution is 0.0739. The number of carbonyl (C=O) groups excluding carboxylic acids is 1. The number of anilines is 2. The summed E-state index contributed by atoms with van der Waals surface area (Å²) in [6.45, 7) is 8.70. The summed E-state index contributed by atoms with van der Waals surface area (Å²) in [6, 6.07) is 2.06. The third-order valence-corrected chi connectivity index (χ3v) is 5.11. The molecule has 4 rings (SSSR count). The van der Waals surface area contributed by atoms with Gasteiger partial charge in [-0.05, 0) is 26.7 Å². The number of hydrogen-bond donors (Lipinski definition) is 0. The molecule has 0 bridgehead atoms. The van der Waals surface area contributed by atoms with Crippen LogP contribution in [0.4, 0.5) is 11.8 Å². The van der Waals surface area contributed by atoms with Crippen molar-refractivity contribution in [2.75, 3.05) is 49.1 Å². The van der Waals surface area contributed by atoms with Crippen LogP contribution in [0.5, 0.6) is 0 Å². The van der Waals surface area contributed by atoms with Gasteiger partial charge in [-0.2, -0.15) is 4.98 Å². The van der Waals surface area contributed by atoms with Crippen LogP contribution in [-0.2, 0) is 0 Å². The highest BCUT2D eigenvalue weighted by molar-refractivity contribution is 5.92. The first-order valence-corrected chi connectivity index (χ1v) is 9.54. The van der Waals surface area contributed by atoms with Gasteiger partial charge in [-0.15, -0.1) is 0 Å². The molecule has 8 heteroatoms. The fraction of sp³-hybridized carbons (Fsp3) is 0.526. The molecule has 2 aliphatic heterocycles. The van der Waals surface area contributed by atoms with Gasteiger partial charge in [0.2, 0.25) is 5.95 Å². The Morgan fingerprint density at radius 1 is 0.852 bits per heavy atom. The van der Waals surface area contributed by atoms with E-state index in [0.717, 1.165) is 36.2 Å². The molecule has 0 atom stereocenters. The standard InChI is InChI=1S/C19H25N7O/c1-14-11-17(24-5-3-4-6-24)23-19(22-14)26-9-7-25(8-10-26)18(27)16-13-20-15(2)12-21-16/h11-13H,3-10H2,1-2H3. The van der Waals surface area contributed by atoms with Gasteiger partial charge in [0, 0.05) is 57.2 Å². The van der Waals surface area contributed by atoms with E-state index in [1.54, 1.807) is 12.4 Å². The van der Waals surface area contributed by atoms with Crippen molar-refractivity contribution in [3.8, 4) is 0 Å². The normalized spacial score (nSPS) is 17.5. The van der Waals surface area contributed by atoms with Crippen molar-refractivity contribution in [1.82, 2.24) is 24.8 Å². The Morgan fingerprint density at radius 2 is 1.59 bits per heavy atom. The zero-order valence-electron chi connectivity index (χ0n) is 15.9. The van der Waals surface area contributed by atoms with Crippen LogP contribution in [0.25, 0.3) is 0 Å². The van der Waals surface area contributed by atoms with Gasteiger partial charge in [0.25, 0.3) is 5.91 Å². The highest BCUT2D eigenvalue weighted by Crippen LogP contribution is 2.22. The maximum Gasteiger partial charge on any atom is 0.274 e. The lowest BCUT2D eigenvalue weighted by Crippen LogP contribution is -2.49. The lowest BCUT2D eigenvalue weighted by atomic mass is 10.3. The van der Waals surface area contributed by atoms with Crippen molar-refractivity contribution < 1.29 is 4.79 Å². The fourth-order valence-corrected chi connectivity index (χ4v) is 3.56. The van der Waals surface area contributed by atoms with Crippen molar-refractivity contribution in [3.63, 3.8) is 0 Å². The van der Waals surface area contributed by atoms with Crippen LogP contribution in [0, 0.1) is 13.8 Å². The molecular weight excluding hydrogens is 342 g/mol. The van der Waals surface area contributed by atoms with E-state index >= 15 is 0 Å². The maximum absolute atomic E-state index is 12.6. The summed E-state index contributed by atoms with van der Waals surface area (Å²) in [7, 11) is 0. The Kier molecular flexibility index (Phi) is 4.87. The first kappa shape index (κ1) is 17.6. The Balaban J connectivity index is 1.43. The van der Waals surface area contributed by atoms with Crippen molar-refractivity contribution >= 4 is 17.7 Å². The fourth-order valence-electron chi connectivity index (χ4n) is 3.56. The van der Waals surface area contributed by atoms with Crippen LogP contribution in [-0.4, -0.2) is 70.0 Å². The SMILES string of the molecule is Cc1cnc(C(=O)N2CCN(c3nc(C)cc(N4CCCC4)n3)CC2)cn1. The van der Waals surface area contributed by atoms with Crippen LogP contribution in [0.2, 0.25) is 0 Å². The first-order chi connectivity index (χ1) is 13.1. The molecule has 0 aliphatic carbocycles. The van der Waals surface area contributed by atoms with Crippen molar-refractivity contribution in [1.29, 1.82) is 0 Å². The zero-order chi connectivity index (χ0) is 18.8. The van der Waals surface area contributed by atoms with Gasteiger partial charge in [0.15, 0.2) is 0 Å². The summed E-state index contributed by atoms with van der Waals surface area (Å²) < 4.78 is 0. The molecule has 27 heavy (non-hydrogen) atoms. The molecule has 142 valence electrons. The third kappa shape index (κ3) is 3.84. The smallest absolute Gasteiger partial charge is 0.274 e. The van der Waals surface area contributed by atoms with Gasteiger partial charge in [-0.25, -0.2) is 9.97 Å². The van der Waals surface area contributed by atoms with Crippen LogP contribution in [0.1, 0.15) is 34.7 Å². The van der Waals surface area contributed by atoms with Crippen molar-refractivity contribution in [3.05, 3.63) is 35.5 Å². The van der Waals surface area contributed by atoms with E-state index in [9.17, 15) is 4.79 Å². The molecule has 2 saturated heterocycles. The Hall–Kier alpha value is -2.77. The second-order valence-corrected chi connectivity index (χ2v) is 7.18. The average Bonchev–Trinajstić information content (AvgIpc) is 3.23. The Labute approximate surface area is 159 Å². The van der Waals surface area contributed by atoms with E-state index in [4.69, 9.17) is 4.98 Å². The molecule has 2 aromatic heterocycles. The van der Waals surface area contributed by atoms with Crippen LogP contribution in [0.15, 0.2) is 18.5 Å². The molecule has 1 amide bonds. The van der Waals surface area contributed by atoms with Crippen molar-refractivity contribution in [2.24, 2.45) is 0 Å². The molecule has 4 heterocycles. The largest absolute Gasteiger partial charge is 0.356 e. The minimum absolute atomic E-state index is 0.0648. The molecule has 0 N–H and O–H groups in total. The second-order valence-electron chi connectivity index (χ2n) is 7.18. The van der Waals surface area contributed by atoms with E-state index in [0.29, 0.717) is 31.9 Å². The predicted molar refractivity (Wildman–Crippen MR) is 103 cm³/mol. The van der Waals surface area contributed by atoms with Crippen LogP contribution < -0.4 is 9.80 Å². The summed E-state index contributed by atoms with van der Waals surface area (Å²) in [5.74, 6) is 1.72. The summed E-state index contributed by atoms with van der Waals surface area (Å²) in [5.41, 5.74) is 2.19. The quantitative estimate of drug-likeness (QED) is 0.812. The minimum atomic E-state index is -0.0648. The van der Waals surface area contributed by atoms with E-state index in [1.807, 2.05) is 18.7 Å². The molecule has 2 aliphatic rings. The van der Waals surface area contributed by atoms with Gasteiger partial charge in [-0.3, -0.25) is 9.78 Å². The molecule has 0 saturated carbocycles. The highest BCUT2D eigenvalue weighted by atomic mass is 16.2. The van der Waals surface area contributed by atoms with Crippen LogP contribution in [0.3, 0.4) is 0 Å². The van der Waals surface area contributed by atoms with Gasteiger partial charge in [-0.1, -0.05) is 0 Å². The number of rotatable bonds is 3. The monoisotopic (exact) mass is 367 g/mol. The second kappa shape index (κ2) is 7.46. The molecule has 0 unspecified atom stereocenters. The highest BCUT2D eigenvalue weighted by Gasteiger charge is 2.25. The number of carbonyl (C=O) groups is 1. The van der Waals surface area contributed by atoms with E-state index in [-0.39, 0.29) is 5.91 Å². The Bertz CT molecular complexity index is 809. The number of aryl methyl sites for hydroxylation is 2. The summed E-state index contributed by atoms with van der Waals surface area (Å²) >= 11 is 0. The van der Waals surface area contributed by atoms with Crippen molar-refractivity contribution in [2.45, 2.75) is 26.7 Å². The molecular formula is C19H25N7O. The molecule has 0 radical (unpaired) electrons. The van der Waals surface area contributed by atoms with E-state index < -0.39 is 0 Å². The number of amides is 1. The minimum Gasteiger partial charge on any atom is -0.356 e. The van der Waals surface area contributed by atoms with E-state index in [1.165, 1.54) is 12.8 Å². The molecule has 2 fully saturated rings. The summed E-state index contributed by atoms with van der Waals surface area (Å²) in [6.07, 6.45) is 5.63. The van der Waals surface area contributed by atoms with Gasteiger partial charge in [0.05, 0.1) is 11.9 Å². The topological polar surface area (TPSA) is 78.4 Å². The third-order valence-electron chi connectivity index (χ3n) is 5.11. The van der Waals surface area contributed by atoms with Crippen LogP contribution >= 0.6 is 0 Å². The molecule has 0 spiro atoms.